The highest BCUT2D eigenvalue weighted by Gasteiger charge is 2.14. The maximum atomic E-state index is 12.2. The van der Waals surface area contributed by atoms with Gasteiger partial charge in [0.2, 0.25) is 0 Å². The van der Waals surface area contributed by atoms with Gasteiger partial charge in [-0.25, -0.2) is 0 Å². The first-order chi connectivity index (χ1) is 9.52. The summed E-state index contributed by atoms with van der Waals surface area (Å²) in [5.74, 6) is 4.92. The number of anilines is 2. The Morgan fingerprint density at radius 3 is 2.50 bits per heavy atom. The number of nitrogens with two attached hydrogens (primary N) is 1. The third-order valence-electron chi connectivity index (χ3n) is 2.48. The first kappa shape index (κ1) is 14.9. The molecule has 0 unspecified atom stereocenters. The van der Waals surface area contributed by atoms with Crippen LogP contribution in [0.5, 0.6) is 0 Å². The molecule has 0 fully saturated rings. The zero-order chi connectivity index (χ0) is 14.7. The molecule has 0 aliphatic rings. The van der Waals surface area contributed by atoms with Crippen LogP contribution in [0.3, 0.4) is 0 Å². The Labute approximate surface area is 130 Å². The summed E-state index contributed by atoms with van der Waals surface area (Å²) < 4.78 is 0. The van der Waals surface area contributed by atoms with Crippen molar-refractivity contribution in [1.29, 1.82) is 0 Å². The molecular formula is C12H9Cl3N4O. The maximum absolute atomic E-state index is 12.2. The van der Waals surface area contributed by atoms with Crippen LogP contribution in [0.25, 0.3) is 0 Å². The Bertz CT molecular complexity index is 663. The molecule has 1 aromatic carbocycles. The number of nitrogens with one attached hydrogen (secondary N) is 2. The Morgan fingerprint density at radius 2 is 1.80 bits per heavy atom. The van der Waals surface area contributed by atoms with Gasteiger partial charge in [0.15, 0.2) is 0 Å². The number of pyridine rings is 1. The predicted octanol–water partition coefficient (Wildman–Crippen LogP) is 3.58. The molecule has 0 radical (unpaired) electrons. The summed E-state index contributed by atoms with van der Waals surface area (Å²) in [5.41, 5.74) is 3.46. The molecule has 1 amide bonds. The van der Waals surface area contributed by atoms with Gasteiger partial charge in [0.05, 0.1) is 38.2 Å². The number of nitrogens with zero attached hydrogens (tertiary/aromatic N) is 1. The average molecular weight is 332 g/mol. The minimum absolute atomic E-state index is 0.282. The molecule has 4 N–H and O–H groups in total. The lowest BCUT2D eigenvalue weighted by Gasteiger charge is -2.11. The molecule has 0 bridgehead atoms. The number of hydrogen-bond donors (Lipinski definition) is 3. The van der Waals surface area contributed by atoms with Gasteiger partial charge in [-0.2, -0.15) is 0 Å². The third kappa shape index (κ3) is 3.13. The van der Waals surface area contributed by atoms with Gasteiger partial charge >= 0.3 is 0 Å². The van der Waals surface area contributed by atoms with E-state index < -0.39 is 5.91 Å². The van der Waals surface area contributed by atoms with Gasteiger partial charge in [0, 0.05) is 6.20 Å². The largest absolute Gasteiger partial charge is 0.322 e. The number of amides is 1. The fraction of sp³-hybridized carbons (Fsp3) is 0. The average Bonchev–Trinajstić information content (AvgIpc) is 2.44. The number of rotatable bonds is 3. The van der Waals surface area contributed by atoms with Crippen LogP contribution >= 0.6 is 34.8 Å². The van der Waals surface area contributed by atoms with E-state index in [9.17, 15) is 4.79 Å². The Morgan fingerprint density at radius 1 is 1.10 bits per heavy atom. The van der Waals surface area contributed by atoms with Crippen molar-refractivity contribution in [1.82, 2.24) is 4.98 Å². The molecule has 2 rings (SSSR count). The van der Waals surface area contributed by atoms with Crippen LogP contribution in [-0.2, 0) is 0 Å². The van der Waals surface area contributed by atoms with E-state index in [4.69, 9.17) is 40.6 Å². The standard InChI is InChI=1S/C12H9Cl3N4O/c13-7-3-9(15)10(4-8(7)14)18-12(20)6-1-2-17-5-11(6)19-16/h1-5,19H,16H2,(H,18,20). The molecule has 0 saturated carbocycles. The van der Waals surface area contributed by atoms with Gasteiger partial charge in [0.25, 0.3) is 5.91 Å². The number of benzene rings is 1. The van der Waals surface area contributed by atoms with Crippen LogP contribution in [0.2, 0.25) is 15.1 Å². The van der Waals surface area contributed by atoms with E-state index in [0.29, 0.717) is 27.0 Å². The third-order valence-corrected chi connectivity index (χ3v) is 3.51. The first-order valence-corrected chi connectivity index (χ1v) is 6.53. The van der Waals surface area contributed by atoms with Gasteiger partial charge in [-0.3, -0.25) is 15.6 Å². The molecule has 20 heavy (non-hydrogen) atoms. The van der Waals surface area contributed by atoms with Crippen molar-refractivity contribution in [3.63, 3.8) is 0 Å². The number of carbonyl (C=O) groups is 1. The van der Waals surface area contributed by atoms with E-state index in [2.05, 4.69) is 15.7 Å². The first-order valence-electron chi connectivity index (χ1n) is 5.39. The Kier molecular flexibility index (Phi) is 4.67. The summed E-state index contributed by atoms with van der Waals surface area (Å²) >= 11 is 17.7. The summed E-state index contributed by atoms with van der Waals surface area (Å²) in [6.07, 6.45) is 2.91. The molecule has 0 aliphatic carbocycles. The molecule has 5 nitrogen and oxygen atoms in total. The summed E-state index contributed by atoms with van der Waals surface area (Å²) in [5, 5.41) is 3.51. The smallest absolute Gasteiger partial charge is 0.257 e. The van der Waals surface area contributed by atoms with Gasteiger partial charge in [0.1, 0.15) is 0 Å². The van der Waals surface area contributed by atoms with Crippen LogP contribution in [-0.4, -0.2) is 10.9 Å². The SMILES string of the molecule is NNc1cnccc1C(=O)Nc1cc(Cl)c(Cl)cc1Cl. The summed E-state index contributed by atoms with van der Waals surface area (Å²) in [4.78, 5) is 16.0. The maximum Gasteiger partial charge on any atom is 0.257 e. The number of carbonyl (C=O) groups excluding carboxylic acids is 1. The summed E-state index contributed by atoms with van der Waals surface area (Å²) in [7, 11) is 0. The highest BCUT2D eigenvalue weighted by Crippen LogP contribution is 2.32. The highest BCUT2D eigenvalue weighted by molar-refractivity contribution is 6.44. The number of hydrazine groups is 1. The van der Waals surface area contributed by atoms with E-state index in [1.54, 1.807) is 0 Å². The molecule has 8 heteroatoms. The van der Waals surface area contributed by atoms with Crippen molar-refractivity contribution in [3.8, 4) is 0 Å². The quantitative estimate of drug-likeness (QED) is 0.456. The van der Waals surface area contributed by atoms with E-state index in [1.165, 1.54) is 30.6 Å². The molecule has 0 spiro atoms. The molecule has 2 aromatic rings. The van der Waals surface area contributed by atoms with Crippen LogP contribution in [0.15, 0.2) is 30.6 Å². The lowest BCUT2D eigenvalue weighted by atomic mass is 10.2. The zero-order valence-corrected chi connectivity index (χ0v) is 12.2. The minimum Gasteiger partial charge on any atom is -0.322 e. The van der Waals surface area contributed by atoms with E-state index >= 15 is 0 Å². The van der Waals surface area contributed by atoms with E-state index in [1.807, 2.05) is 0 Å². The van der Waals surface area contributed by atoms with Crippen LogP contribution < -0.4 is 16.6 Å². The van der Waals surface area contributed by atoms with Crippen LogP contribution in [0, 0.1) is 0 Å². The van der Waals surface area contributed by atoms with Crippen LogP contribution in [0.4, 0.5) is 11.4 Å². The number of halogens is 3. The molecule has 0 atom stereocenters. The second-order valence-electron chi connectivity index (χ2n) is 3.77. The Hall–Kier alpha value is -1.53. The fourth-order valence-electron chi connectivity index (χ4n) is 1.52. The van der Waals surface area contributed by atoms with E-state index in [0.717, 1.165) is 0 Å². The molecular weight excluding hydrogens is 323 g/mol. The number of nitrogen functional groups attached to an aromatic ring is 1. The van der Waals surface area contributed by atoms with Gasteiger partial charge in [-0.1, -0.05) is 34.8 Å². The van der Waals surface area contributed by atoms with Crippen molar-refractivity contribution in [3.05, 3.63) is 51.2 Å². The Balaban J connectivity index is 2.30. The van der Waals surface area contributed by atoms with Crippen molar-refractivity contribution in [2.24, 2.45) is 5.84 Å². The minimum atomic E-state index is -0.402. The topological polar surface area (TPSA) is 80.0 Å². The lowest BCUT2D eigenvalue weighted by molar-refractivity contribution is 0.102. The zero-order valence-electron chi connectivity index (χ0n) is 9.95. The van der Waals surface area contributed by atoms with Crippen molar-refractivity contribution < 1.29 is 4.79 Å². The van der Waals surface area contributed by atoms with Crippen molar-refractivity contribution in [2.45, 2.75) is 0 Å². The fourth-order valence-corrected chi connectivity index (χ4v) is 2.11. The summed E-state index contributed by atoms with van der Waals surface area (Å²) in [6, 6.07) is 4.45. The van der Waals surface area contributed by atoms with Gasteiger partial charge < -0.3 is 10.7 Å². The summed E-state index contributed by atoms with van der Waals surface area (Å²) in [6.45, 7) is 0. The molecule has 1 heterocycles. The normalized spacial score (nSPS) is 10.2. The van der Waals surface area contributed by atoms with Gasteiger partial charge in [-0.15, -0.1) is 0 Å². The second kappa shape index (κ2) is 6.28. The predicted molar refractivity (Wildman–Crippen MR) is 81.5 cm³/mol. The number of aromatic nitrogens is 1. The van der Waals surface area contributed by atoms with Crippen LogP contribution in [0.1, 0.15) is 10.4 Å². The molecule has 0 saturated heterocycles. The molecule has 104 valence electrons. The van der Waals surface area contributed by atoms with Crippen molar-refractivity contribution >= 4 is 52.1 Å². The van der Waals surface area contributed by atoms with E-state index in [-0.39, 0.29) is 5.02 Å². The van der Waals surface area contributed by atoms with Crippen molar-refractivity contribution in [2.75, 3.05) is 10.7 Å². The number of hydrogen-bond acceptors (Lipinski definition) is 4. The lowest BCUT2D eigenvalue weighted by Crippen LogP contribution is -2.17. The molecule has 1 aromatic heterocycles. The monoisotopic (exact) mass is 330 g/mol. The highest BCUT2D eigenvalue weighted by atomic mass is 35.5. The molecule has 0 aliphatic heterocycles. The second-order valence-corrected chi connectivity index (χ2v) is 4.99. The van der Waals surface area contributed by atoms with Gasteiger partial charge in [-0.05, 0) is 18.2 Å².